The molecule has 1 aliphatic heterocycles. The van der Waals surface area contributed by atoms with Crippen LogP contribution in [0.1, 0.15) is 39.7 Å². The lowest BCUT2D eigenvalue weighted by Gasteiger charge is -2.29. The summed E-state index contributed by atoms with van der Waals surface area (Å²) >= 11 is 0. The summed E-state index contributed by atoms with van der Waals surface area (Å²) in [5.41, 5.74) is 1.33. The Morgan fingerprint density at radius 1 is 1.47 bits per heavy atom. The second-order valence-electron chi connectivity index (χ2n) is 5.85. The zero-order chi connectivity index (χ0) is 13.9. The summed E-state index contributed by atoms with van der Waals surface area (Å²) in [7, 11) is 0. The number of nitrogens with one attached hydrogen (secondary N) is 1. The molecule has 0 bridgehead atoms. The summed E-state index contributed by atoms with van der Waals surface area (Å²) in [5.74, 6) is 0.940. The Labute approximate surface area is 116 Å². The van der Waals surface area contributed by atoms with Crippen molar-refractivity contribution in [3.63, 3.8) is 0 Å². The Kier molecular flexibility index (Phi) is 4.48. The molecule has 0 aliphatic carbocycles. The number of hydrogen-bond donors (Lipinski definition) is 1. The van der Waals surface area contributed by atoms with Crippen LogP contribution in [-0.2, 0) is 11.3 Å². The maximum absolute atomic E-state index is 5.72. The van der Waals surface area contributed by atoms with E-state index in [0.717, 1.165) is 25.3 Å². The van der Waals surface area contributed by atoms with Gasteiger partial charge in [0.05, 0.1) is 12.2 Å². The van der Waals surface area contributed by atoms with Gasteiger partial charge in [0, 0.05) is 18.7 Å². The summed E-state index contributed by atoms with van der Waals surface area (Å²) < 4.78 is 11.4. The lowest BCUT2D eigenvalue weighted by Crippen LogP contribution is -2.47. The molecule has 0 spiro atoms. The number of benzene rings is 1. The van der Waals surface area contributed by atoms with Crippen LogP contribution in [0, 0.1) is 0 Å². The molecule has 1 fully saturated rings. The highest BCUT2D eigenvalue weighted by Crippen LogP contribution is 2.25. The van der Waals surface area contributed by atoms with Crippen LogP contribution in [0.5, 0.6) is 5.75 Å². The first kappa shape index (κ1) is 14.4. The van der Waals surface area contributed by atoms with Crippen LogP contribution >= 0.6 is 0 Å². The molecule has 3 nitrogen and oxygen atoms in total. The Bertz CT molecular complexity index is 419. The third-order valence-electron chi connectivity index (χ3n) is 3.85. The average molecular weight is 263 g/mol. The summed E-state index contributed by atoms with van der Waals surface area (Å²) in [6.45, 7) is 10.2. The minimum absolute atomic E-state index is 0.0783. The van der Waals surface area contributed by atoms with Crippen molar-refractivity contribution in [2.75, 3.05) is 6.61 Å². The van der Waals surface area contributed by atoms with Crippen molar-refractivity contribution in [2.45, 2.75) is 58.4 Å². The summed E-state index contributed by atoms with van der Waals surface area (Å²) in [6.07, 6.45) is 1.54. The molecule has 2 rings (SSSR count). The Morgan fingerprint density at radius 2 is 2.26 bits per heavy atom. The van der Waals surface area contributed by atoms with Crippen LogP contribution in [-0.4, -0.2) is 24.4 Å². The van der Waals surface area contributed by atoms with Crippen LogP contribution in [0.4, 0.5) is 0 Å². The Hall–Kier alpha value is -1.06. The van der Waals surface area contributed by atoms with E-state index in [9.17, 15) is 0 Å². The van der Waals surface area contributed by atoms with Gasteiger partial charge in [-0.2, -0.15) is 0 Å². The maximum Gasteiger partial charge on any atom is 0.120 e. The number of rotatable bonds is 5. The molecule has 1 aliphatic rings. The smallest absolute Gasteiger partial charge is 0.120 e. The molecule has 0 saturated carbocycles. The van der Waals surface area contributed by atoms with Crippen molar-refractivity contribution >= 4 is 0 Å². The van der Waals surface area contributed by atoms with Gasteiger partial charge in [-0.1, -0.05) is 12.1 Å². The highest BCUT2D eigenvalue weighted by Gasteiger charge is 2.36. The van der Waals surface area contributed by atoms with Gasteiger partial charge in [-0.15, -0.1) is 0 Å². The van der Waals surface area contributed by atoms with Crippen LogP contribution in [0.25, 0.3) is 0 Å². The van der Waals surface area contributed by atoms with Gasteiger partial charge >= 0.3 is 0 Å². The molecule has 1 N–H and O–H groups in total. The first-order chi connectivity index (χ1) is 8.99. The average Bonchev–Trinajstić information content (AvgIpc) is 2.68. The molecule has 0 amide bonds. The first-order valence-electron chi connectivity index (χ1n) is 7.12. The Morgan fingerprint density at radius 3 is 2.89 bits per heavy atom. The van der Waals surface area contributed by atoms with Gasteiger partial charge in [0.15, 0.2) is 0 Å². The third kappa shape index (κ3) is 3.71. The van der Waals surface area contributed by atoms with Crippen LogP contribution < -0.4 is 10.1 Å². The van der Waals surface area contributed by atoms with E-state index in [-0.39, 0.29) is 17.7 Å². The molecule has 1 aromatic rings. The predicted molar refractivity (Wildman–Crippen MR) is 77.5 cm³/mol. The van der Waals surface area contributed by atoms with Crippen LogP contribution in [0.3, 0.4) is 0 Å². The fraction of sp³-hybridized carbons (Fsp3) is 0.625. The minimum Gasteiger partial charge on any atom is -0.491 e. The highest BCUT2D eigenvalue weighted by molar-refractivity contribution is 5.28. The van der Waals surface area contributed by atoms with Crippen molar-refractivity contribution in [3.05, 3.63) is 29.8 Å². The van der Waals surface area contributed by atoms with Gasteiger partial charge in [0.1, 0.15) is 5.75 Å². The van der Waals surface area contributed by atoms with Crippen molar-refractivity contribution in [1.82, 2.24) is 5.32 Å². The molecule has 1 aromatic carbocycles. The topological polar surface area (TPSA) is 30.5 Å². The zero-order valence-corrected chi connectivity index (χ0v) is 12.4. The van der Waals surface area contributed by atoms with E-state index in [2.05, 4.69) is 31.3 Å². The summed E-state index contributed by atoms with van der Waals surface area (Å²) in [4.78, 5) is 0. The first-order valence-corrected chi connectivity index (χ1v) is 7.12. The largest absolute Gasteiger partial charge is 0.491 e. The number of hydrogen-bond acceptors (Lipinski definition) is 3. The molecule has 3 heteroatoms. The monoisotopic (exact) mass is 263 g/mol. The van der Waals surface area contributed by atoms with Gasteiger partial charge < -0.3 is 14.8 Å². The molecular weight excluding hydrogens is 238 g/mol. The fourth-order valence-corrected chi connectivity index (χ4v) is 2.37. The van der Waals surface area contributed by atoms with E-state index in [0.29, 0.717) is 0 Å². The quantitative estimate of drug-likeness (QED) is 0.885. The highest BCUT2D eigenvalue weighted by atomic mass is 16.5. The standard InChI is InChI=1S/C16H25NO2/c1-12(2)19-15-7-5-6-14(10-15)11-17-16(4)8-9-18-13(16)3/h5-7,10,12-13,17H,8-9,11H2,1-4H3. The molecule has 2 unspecified atom stereocenters. The maximum atomic E-state index is 5.72. The Balaban J connectivity index is 1.96. The van der Waals surface area contributed by atoms with Crippen LogP contribution in [0.2, 0.25) is 0 Å². The number of ether oxygens (including phenoxy) is 2. The molecule has 1 heterocycles. The lowest BCUT2D eigenvalue weighted by atomic mass is 9.94. The molecule has 2 atom stereocenters. The van der Waals surface area contributed by atoms with E-state index < -0.39 is 0 Å². The fourth-order valence-electron chi connectivity index (χ4n) is 2.37. The third-order valence-corrected chi connectivity index (χ3v) is 3.85. The van der Waals surface area contributed by atoms with E-state index >= 15 is 0 Å². The van der Waals surface area contributed by atoms with Crippen molar-refractivity contribution in [2.24, 2.45) is 0 Å². The zero-order valence-electron chi connectivity index (χ0n) is 12.4. The minimum atomic E-state index is 0.0783. The summed E-state index contributed by atoms with van der Waals surface area (Å²) in [6, 6.07) is 8.29. The second kappa shape index (κ2) is 5.93. The SMILES string of the molecule is CC(C)Oc1cccc(CNC2(C)CCOC2C)c1. The van der Waals surface area contributed by atoms with Gasteiger partial charge in [0.2, 0.25) is 0 Å². The molecular formula is C16H25NO2. The summed E-state index contributed by atoms with van der Waals surface area (Å²) in [5, 5.41) is 3.62. The van der Waals surface area contributed by atoms with Crippen molar-refractivity contribution < 1.29 is 9.47 Å². The predicted octanol–water partition coefficient (Wildman–Crippen LogP) is 3.13. The molecule has 19 heavy (non-hydrogen) atoms. The van der Waals surface area contributed by atoms with Crippen molar-refractivity contribution in [3.8, 4) is 5.75 Å². The van der Waals surface area contributed by atoms with E-state index in [1.807, 2.05) is 26.0 Å². The molecule has 0 radical (unpaired) electrons. The normalized spacial score (nSPS) is 26.9. The molecule has 106 valence electrons. The second-order valence-corrected chi connectivity index (χ2v) is 5.85. The van der Waals surface area contributed by atoms with Crippen LogP contribution in [0.15, 0.2) is 24.3 Å². The van der Waals surface area contributed by atoms with Gasteiger partial charge in [-0.3, -0.25) is 0 Å². The molecule has 0 aromatic heterocycles. The van der Waals surface area contributed by atoms with E-state index in [1.54, 1.807) is 0 Å². The van der Waals surface area contributed by atoms with Gasteiger partial charge in [-0.05, 0) is 51.8 Å². The lowest BCUT2D eigenvalue weighted by molar-refractivity contribution is 0.0881. The van der Waals surface area contributed by atoms with Gasteiger partial charge in [-0.25, -0.2) is 0 Å². The van der Waals surface area contributed by atoms with E-state index in [1.165, 1.54) is 5.56 Å². The van der Waals surface area contributed by atoms with Crippen molar-refractivity contribution in [1.29, 1.82) is 0 Å². The van der Waals surface area contributed by atoms with Gasteiger partial charge in [0.25, 0.3) is 0 Å². The molecule has 1 saturated heterocycles. The van der Waals surface area contributed by atoms with E-state index in [4.69, 9.17) is 9.47 Å².